The molecule has 0 aliphatic rings. The summed E-state index contributed by atoms with van der Waals surface area (Å²) in [6, 6.07) is 1.94. The minimum Gasteiger partial charge on any atom is -0.481 e. The maximum Gasteiger partial charge on any atom is 0.309 e. The number of aliphatic carboxylic acids is 1. The zero-order chi connectivity index (χ0) is 11.9. The largest absolute Gasteiger partial charge is 0.481 e. The molecule has 2 heterocycles. The van der Waals surface area contributed by atoms with Crippen LogP contribution in [0.15, 0.2) is 6.07 Å². The zero-order valence-electron chi connectivity index (χ0n) is 9.48. The maximum absolute atomic E-state index is 10.7. The van der Waals surface area contributed by atoms with Gasteiger partial charge in [-0.1, -0.05) is 0 Å². The molecule has 2 rings (SSSR count). The number of aryl methyl sites for hydroxylation is 3. The van der Waals surface area contributed by atoms with Gasteiger partial charge in [0, 0.05) is 18.1 Å². The Kier molecular flexibility index (Phi) is 2.38. The molecular weight excluding hydrogens is 206 g/mol. The van der Waals surface area contributed by atoms with Crippen molar-refractivity contribution in [2.45, 2.75) is 20.3 Å². The van der Waals surface area contributed by atoms with E-state index in [9.17, 15) is 4.79 Å². The van der Waals surface area contributed by atoms with Gasteiger partial charge in [-0.05, 0) is 25.5 Å². The van der Waals surface area contributed by atoms with E-state index in [4.69, 9.17) is 5.11 Å². The average Bonchev–Trinajstić information content (AvgIpc) is 2.42. The minimum absolute atomic E-state index is 0.0665. The smallest absolute Gasteiger partial charge is 0.309 e. The molecule has 0 amide bonds. The van der Waals surface area contributed by atoms with Crippen molar-refractivity contribution < 1.29 is 9.90 Å². The van der Waals surface area contributed by atoms with Gasteiger partial charge in [-0.2, -0.15) is 5.10 Å². The fourth-order valence-corrected chi connectivity index (χ4v) is 1.95. The lowest BCUT2D eigenvalue weighted by atomic mass is 10.1. The molecule has 5 nitrogen and oxygen atoms in total. The molecule has 0 aliphatic carbocycles. The Hall–Kier alpha value is -1.91. The number of rotatable bonds is 2. The van der Waals surface area contributed by atoms with Crippen molar-refractivity contribution in [1.82, 2.24) is 14.8 Å². The summed E-state index contributed by atoms with van der Waals surface area (Å²) < 4.78 is 1.63. The van der Waals surface area contributed by atoms with Crippen molar-refractivity contribution in [3.8, 4) is 0 Å². The van der Waals surface area contributed by atoms with E-state index >= 15 is 0 Å². The van der Waals surface area contributed by atoms with Crippen molar-refractivity contribution in [3.05, 3.63) is 23.0 Å². The summed E-state index contributed by atoms with van der Waals surface area (Å²) in [4.78, 5) is 15.1. The van der Waals surface area contributed by atoms with Crippen LogP contribution in [0, 0.1) is 13.8 Å². The summed E-state index contributed by atoms with van der Waals surface area (Å²) in [5, 5.41) is 13.9. The number of fused-ring (bicyclic) bond motifs is 1. The third-order valence-electron chi connectivity index (χ3n) is 2.51. The van der Waals surface area contributed by atoms with E-state index in [0.29, 0.717) is 5.69 Å². The van der Waals surface area contributed by atoms with Gasteiger partial charge in [-0.15, -0.1) is 0 Å². The summed E-state index contributed by atoms with van der Waals surface area (Å²) >= 11 is 0. The van der Waals surface area contributed by atoms with Gasteiger partial charge in [-0.3, -0.25) is 9.48 Å². The summed E-state index contributed by atoms with van der Waals surface area (Å²) in [6.07, 6.45) is -0.0665. The van der Waals surface area contributed by atoms with Crippen molar-refractivity contribution >= 4 is 17.0 Å². The lowest BCUT2D eigenvalue weighted by Crippen LogP contribution is -2.02. The fraction of sp³-hybridized carbons (Fsp3) is 0.364. The van der Waals surface area contributed by atoms with Crippen LogP contribution in [0.2, 0.25) is 0 Å². The molecule has 0 bridgehead atoms. The van der Waals surface area contributed by atoms with Gasteiger partial charge in [0.05, 0.1) is 12.1 Å². The molecule has 16 heavy (non-hydrogen) atoms. The van der Waals surface area contributed by atoms with Crippen molar-refractivity contribution in [2.24, 2.45) is 7.05 Å². The van der Waals surface area contributed by atoms with E-state index in [-0.39, 0.29) is 6.42 Å². The standard InChI is InChI=1S/C11H13N3O2/c1-6-4-7(2)12-11-10(6)8(5-9(15)16)13-14(11)3/h4H,5H2,1-3H3,(H,15,16). The van der Waals surface area contributed by atoms with Crippen LogP contribution in [0.25, 0.3) is 11.0 Å². The monoisotopic (exact) mass is 219 g/mol. The highest BCUT2D eigenvalue weighted by Crippen LogP contribution is 2.21. The number of carboxylic acid groups (broad SMARTS) is 1. The van der Waals surface area contributed by atoms with Gasteiger partial charge < -0.3 is 5.11 Å². The number of aromatic nitrogens is 3. The van der Waals surface area contributed by atoms with E-state index in [1.165, 1.54) is 0 Å². The Morgan fingerprint density at radius 2 is 2.19 bits per heavy atom. The van der Waals surface area contributed by atoms with Crippen LogP contribution in [0.4, 0.5) is 0 Å². The molecule has 0 unspecified atom stereocenters. The minimum atomic E-state index is -0.875. The van der Waals surface area contributed by atoms with E-state index in [1.807, 2.05) is 19.9 Å². The number of hydrogen-bond donors (Lipinski definition) is 1. The molecule has 1 N–H and O–H groups in total. The number of nitrogens with zero attached hydrogens (tertiary/aromatic N) is 3. The SMILES string of the molecule is Cc1cc(C)c2c(CC(=O)O)nn(C)c2n1. The molecule has 5 heteroatoms. The highest BCUT2D eigenvalue weighted by molar-refractivity contribution is 5.85. The first-order valence-corrected chi connectivity index (χ1v) is 5.00. The lowest BCUT2D eigenvalue weighted by Gasteiger charge is -2.00. The van der Waals surface area contributed by atoms with E-state index < -0.39 is 5.97 Å². The predicted octanol–water partition coefficient (Wildman–Crippen LogP) is 1.21. The second-order valence-electron chi connectivity index (χ2n) is 3.92. The molecule has 0 saturated carbocycles. The lowest BCUT2D eigenvalue weighted by molar-refractivity contribution is -0.136. The molecule has 0 atom stereocenters. The number of pyridine rings is 1. The molecule has 0 aromatic carbocycles. The molecular formula is C11H13N3O2. The van der Waals surface area contributed by atoms with Crippen LogP contribution in [0.3, 0.4) is 0 Å². The first kappa shape index (κ1) is 10.6. The van der Waals surface area contributed by atoms with Crippen LogP contribution in [-0.2, 0) is 18.3 Å². The van der Waals surface area contributed by atoms with Gasteiger partial charge in [0.15, 0.2) is 5.65 Å². The summed E-state index contributed by atoms with van der Waals surface area (Å²) in [5.41, 5.74) is 3.26. The molecule has 2 aromatic rings. The Morgan fingerprint density at radius 3 is 2.81 bits per heavy atom. The first-order chi connectivity index (χ1) is 7.49. The van der Waals surface area contributed by atoms with Crippen molar-refractivity contribution in [2.75, 3.05) is 0 Å². The highest BCUT2D eigenvalue weighted by Gasteiger charge is 2.15. The van der Waals surface area contributed by atoms with Crippen LogP contribution in [0.5, 0.6) is 0 Å². The Bertz CT molecular complexity index is 572. The highest BCUT2D eigenvalue weighted by atomic mass is 16.4. The van der Waals surface area contributed by atoms with E-state index in [0.717, 1.165) is 22.3 Å². The summed E-state index contributed by atoms with van der Waals surface area (Å²) in [5.74, 6) is -0.875. The zero-order valence-corrected chi connectivity index (χ0v) is 9.48. The average molecular weight is 219 g/mol. The molecule has 0 aliphatic heterocycles. The van der Waals surface area contributed by atoms with Gasteiger partial charge in [-0.25, -0.2) is 4.98 Å². The molecule has 0 fully saturated rings. The van der Waals surface area contributed by atoms with Crippen LogP contribution < -0.4 is 0 Å². The van der Waals surface area contributed by atoms with Crippen molar-refractivity contribution in [1.29, 1.82) is 0 Å². The van der Waals surface area contributed by atoms with Gasteiger partial charge >= 0.3 is 5.97 Å². The second-order valence-corrected chi connectivity index (χ2v) is 3.92. The van der Waals surface area contributed by atoms with Crippen LogP contribution in [-0.4, -0.2) is 25.8 Å². The summed E-state index contributed by atoms with van der Waals surface area (Å²) in [6.45, 7) is 3.86. The number of hydrogen-bond acceptors (Lipinski definition) is 3. The van der Waals surface area contributed by atoms with Crippen LogP contribution in [0.1, 0.15) is 17.0 Å². The first-order valence-electron chi connectivity index (χ1n) is 5.00. The third-order valence-corrected chi connectivity index (χ3v) is 2.51. The normalized spacial score (nSPS) is 10.9. The Balaban J connectivity index is 2.73. The Morgan fingerprint density at radius 1 is 1.50 bits per heavy atom. The molecule has 84 valence electrons. The fourth-order valence-electron chi connectivity index (χ4n) is 1.95. The second kappa shape index (κ2) is 3.59. The molecule has 2 aromatic heterocycles. The van der Waals surface area contributed by atoms with Gasteiger partial charge in [0.25, 0.3) is 0 Å². The quantitative estimate of drug-likeness (QED) is 0.824. The Labute approximate surface area is 92.7 Å². The van der Waals surface area contributed by atoms with Crippen LogP contribution >= 0.6 is 0 Å². The molecule has 0 radical (unpaired) electrons. The number of carboxylic acids is 1. The molecule has 0 saturated heterocycles. The van der Waals surface area contributed by atoms with Gasteiger partial charge in [0.2, 0.25) is 0 Å². The number of carbonyl (C=O) groups is 1. The predicted molar refractivity (Wildman–Crippen MR) is 59.3 cm³/mol. The summed E-state index contributed by atoms with van der Waals surface area (Å²) in [7, 11) is 1.78. The topological polar surface area (TPSA) is 68.0 Å². The van der Waals surface area contributed by atoms with Gasteiger partial charge in [0.1, 0.15) is 0 Å². The van der Waals surface area contributed by atoms with E-state index in [2.05, 4.69) is 10.1 Å². The third kappa shape index (κ3) is 1.64. The molecule has 0 spiro atoms. The van der Waals surface area contributed by atoms with Crippen molar-refractivity contribution in [3.63, 3.8) is 0 Å². The van der Waals surface area contributed by atoms with E-state index in [1.54, 1.807) is 11.7 Å². The maximum atomic E-state index is 10.7.